The fraction of sp³-hybridized carbons (Fsp3) is 0.471. The summed E-state index contributed by atoms with van der Waals surface area (Å²) < 4.78 is 6.26. The molecular formula is C17H20N4O5. The molecule has 1 saturated heterocycles. The van der Waals surface area contributed by atoms with E-state index >= 15 is 0 Å². The maximum Gasteiger partial charge on any atom is 0.301 e. The van der Waals surface area contributed by atoms with Gasteiger partial charge in [-0.15, -0.1) is 6.58 Å². The van der Waals surface area contributed by atoms with E-state index in [4.69, 9.17) is 4.74 Å². The predicted molar refractivity (Wildman–Crippen MR) is 96.3 cm³/mol. The SMILES string of the molecule is C=C[C@@]1(C)CC[C@@]2(CCC/C2=N\Nc2ccc([N+](=O)[O-])cc2[N+](=O)[O-])O1. The quantitative estimate of drug-likeness (QED) is 0.482. The summed E-state index contributed by atoms with van der Waals surface area (Å²) in [6.45, 7) is 5.82. The molecule has 1 aliphatic carbocycles. The Morgan fingerprint density at radius 2 is 2.04 bits per heavy atom. The second-order valence-electron chi connectivity index (χ2n) is 6.85. The molecule has 2 fully saturated rings. The number of nitro groups is 2. The minimum atomic E-state index is -0.670. The van der Waals surface area contributed by atoms with Crippen LogP contribution < -0.4 is 5.43 Å². The van der Waals surface area contributed by atoms with Gasteiger partial charge in [-0.3, -0.25) is 25.7 Å². The van der Waals surface area contributed by atoms with Crippen LogP contribution in [0.25, 0.3) is 0 Å². The molecule has 26 heavy (non-hydrogen) atoms. The van der Waals surface area contributed by atoms with Gasteiger partial charge in [0.25, 0.3) is 5.69 Å². The summed E-state index contributed by atoms with van der Waals surface area (Å²) in [6, 6.07) is 3.43. The first-order valence-electron chi connectivity index (χ1n) is 8.38. The smallest absolute Gasteiger partial charge is 0.301 e. The van der Waals surface area contributed by atoms with Crippen LogP contribution in [0.15, 0.2) is 36.0 Å². The summed E-state index contributed by atoms with van der Waals surface area (Å²) in [4.78, 5) is 20.7. The summed E-state index contributed by atoms with van der Waals surface area (Å²) in [7, 11) is 0. The summed E-state index contributed by atoms with van der Waals surface area (Å²) >= 11 is 0. The van der Waals surface area contributed by atoms with Crippen molar-refractivity contribution >= 4 is 22.8 Å². The van der Waals surface area contributed by atoms with Crippen molar-refractivity contribution in [3.8, 4) is 0 Å². The number of hydrazone groups is 1. The molecule has 3 rings (SSSR count). The van der Waals surface area contributed by atoms with Crippen LogP contribution in [-0.2, 0) is 4.74 Å². The van der Waals surface area contributed by atoms with E-state index in [1.807, 2.05) is 6.92 Å². The molecule has 1 heterocycles. The Labute approximate surface area is 150 Å². The number of ether oxygens (including phenoxy) is 1. The molecule has 1 spiro atoms. The van der Waals surface area contributed by atoms with Crippen LogP contribution in [0.4, 0.5) is 17.1 Å². The third kappa shape index (κ3) is 3.17. The average molecular weight is 360 g/mol. The third-order valence-corrected chi connectivity index (χ3v) is 5.11. The third-order valence-electron chi connectivity index (χ3n) is 5.11. The number of hydrogen-bond donors (Lipinski definition) is 1. The molecule has 1 aliphatic heterocycles. The zero-order chi connectivity index (χ0) is 18.9. The number of rotatable bonds is 5. The van der Waals surface area contributed by atoms with Gasteiger partial charge in [-0.1, -0.05) is 6.08 Å². The number of benzene rings is 1. The van der Waals surface area contributed by atoms with Crippen LogP contribution in [0, 0.1) is 20.2 Å². The Morgan fingerprint density at radius 3 is 2.65 bits per heavy atom. The number of non-ortho nitro benzene ring substituents is 1. The van der Waals surface area contributed by atoms with Gasteiger partial charge in [0.1, 0.15) is 11.3 Å². The van der Waals surface area contributed by atoms with Gasteiger partial charge in [0.15, 0.2) is 0 Å². The minimum Gasteiger partial charge on any atom is -0.359 e. The van der Waals surface area contributed by atoms with E-state index in [-0.39, 0.29) is 17.1 Å². The molecule has 1 N–H and O–H groups in total. The number of nitrogens with one attached hydrogen (secondary N) is 1. The monoisotopic (exact) mass is 360 g/mol. The van der Waals surface area contributed by atoms with Gasteiger partial charge in [-0.25, -0.2) is 0 Å². The number of nitrogens with zero attached hydrogens (tertiary/aromatic N) is 3. The van der Waals surface area contributed by atoms with E-state index < -0.39 is 21.0 Å². The highest BCUT2D eigenvalue weighted by Gasteiger charge is 2.50. The molecule has 0 aromatic heterocycles. The second-order valence-corrected chi connectivity index (χ2v) is 6.85. The Kier molecular flexibility index (Phi) is 4.49. The standard InChI is InChI=1S/C17H20N4O5/c1-3-16(2)9-10-17(26-16)8-4-5-15(17)19-18-13-7-6-12(20(22)23)11-14(13)21(24)25/h3,6-7,11,18H,1,4-5,8-10H2,2H3/b19-15+/t16-,17+/m0/s1. The molecule has 0 radical (unpaired) electrons. The number of anilines is 1. The topological polar surface area (TPSA) is 120 Å². The first-order chi connectivity index (χ1) is 12.3. The Morgan fingerprint density at radius 1 is 1.27 bits per heavy atom. The molecule has 0 amide bonds. The van der Waals surface area contributed by atoms with Gasteiger partial charge >= 0.3 is 5.69 Å². The summed E-state index contributed by atoms with van der Waals surface area (Å²) in [5, 5.41) is 26.4. The molecule has 1 aromatic carbocycles. The zero-order valence-corrected chi connectivity index (χ0v) is 14.4. The molecule has 0 unspecified atom stereocenters. The van der Waals surface area contributed by atoms with Crippen molar-refractivity contribution in [3.63, 3.8) is 0 Å². The van der Waals surface area contributed by atoms with Crippen molar-refractivity contribution in [1.29, 1.82) is 0 Å². The first-order valence-corrected chi connectivity index (χ1v) is 8.38. The van der Waals surface area contributed by atoms with Crippen LogP contribution in [0.3, 0.4) is 0 Å². The van der Waals surface area contributed by atoms with Gasteiger partial charge in [-0.05, 0) is 45.1 Å². The minimum absolute atomic E-state index is 0.111. The van der Waals surface area contributed by atoms with Crippen molar-refractivity contribution in [2.75, 3.05) is 5.43 Å². The molecule has 1 aromatic rings. The van der Waals surface area contributed by atoms with E-state index in [1.54, 1.807) is 6.08 Å². The second kappa shape index (κ2) is 6.49. The normalized spacial score (nSPS) is 29.2. The van der Waals surface area contributed by atoms with Crippen molar-refractivity contribution in [3.05, 3.63) is 51.1 Å². The van der Waals surface area contributed by atoms with Gasteiger partial charge in [0.05, 0.1) is 27.2 Å². The zero-order valence-electron chi connectivity index (χ0n) is 14.4. The van der Waals surface area contributed by atoms with Crippen LogP contribution in [-0.4, -0.2) is 26.8 Å². The maximum atomic E-state index is 11.2. The summed E-state index contributed by atoms with van der Waals surface area (Å²) in [5.41, 5.74) is 2.05. The Balaban J connectivity index is 1.87. The molecule has 2 aliphatic rings. The lowest BCUT2D eigenvalue weighted by molar-refractivity contribution is -0.393. The number of hydrogen-bond acceptors (Lipinski definition) is 7. The highest BCUT2D eigenvalue weighted by atomic mass is 16.6. The van der Waals surface area contributed by atoms with Crippen LogP contribution in [0.1, 0.15) is 39.0 Å². The fourth-order valence-corrected chi connectivity index (χ4v) is 3.60. The van der Waals surface area contributed by atoms with E-state index in [2.05, 4.69) is 17.1 Å². The van der Waals surface area contributed by atoms with Gasteiger partial charge < -0.3 is 4.74 Å². The fourth-order valence-electron chi connectivity index (χ4n) is 3.60. The van der Waals surface area contributed by atoms with E-state index in [0.717, 1.165) is 43.9 Å². The van der Waals surface area contributed by atoms with Crippen LogP contribution >= 0.6 is 0 Å². The predicted octanol–water partition coefficient (Wildman–Crippen LogP) is 3.95. The molecule has 138 valence electrons. The van der Waals surface area contributed by atoms with E-state index in [0.29, 0.717) is 0 Å². The van der Waals surface area contributed by atoms with Gasteiger partial charge in [0, 0.05) is 6.07 Å². The lowest BCUT2D eigenvalue weighted by Gasteiger charge is -2.28. The van der Waals surface area contributed by atoms with Crippen LogP contribution in [0.2, 0.25) is 0 Å². The number of nitro benzene ring substituents is 2. The lowest BCUT2D eigenvalue weighted by atomic mass is 9.94. The van der Waals surface area contributed by atoms with E-state index in [9.17, 15) is 20.2 Å². The molecular weight excluding hydrogens is 340 g/mol. The Bertz CT molecular complexity index is 808. The molecule has 9 nitrogen and oxygen atoms in total. The van der Waals surface area contributed by atoms with Gasteiger partial charge in [0.2, 0.25) is 0 Å². The largest absolute Gasteiger partial charge is 0.359 e. The van der Waals surface area contributed by atoms with Crippen molar-refractivity contribution < 1.29 is 14.6 Å². The summed E-state index contributed by atoms with van der Waals surface area (Å²) in [5.74, 6) is 0. The average Bonchev–Trinajstić information content (AvgIpc) is 3.16. The molecule has 2 atom stereocenters. The van der Waals surface area contributed by atoms with E-state index in [1.165, 1.54) is 12.1 Å². The Hall–Kier alpha value is -2.81. The van der Waals surface area contributed by atoms with Crippen molar-refractivity contribution in [2.45, 2.75) is 50.2 Å². The lowest BCUT2D eigenvalue weighted by Crippen LogP contribution is -2.37. The first kappa shape index (κ1) is 18.0. The highest BCUT2D eigenvalue weighted by Crippen LogP contribution is 2.46. The van der Waals surface area contributed by atoms with Crippen molar-refractivity contribution in [2.24, 2.45) is 5.10 Å². The highest BCUT2D eigenvalue weighted by molar-refractivity contribution is 5.95. The van der Waals surface area contributed by atoms with Gasteiger partial charge in [-0.2, -0.15) is 5.10 Å². The maximum absolute atomic E-state index is 11.2. The molecule has 0 bridgehead atoms. The molecule has 9 heteroatoms. The summed E-state index contributed by atoms with van der Waals surface area (Å²) in [6.07, 6.45) is 5.97. The van der Waals surface area contributed by atoms with Crippen molar-refractivity contribution in [1.82, 2.24) is 0 Å². The van der Waals surface area contributed by atoms with Crippen LogP contribution in [0.5, 0.6) is 0 Å². The molecule has 1 saturated carbocycles.